The predicted molar refractivity (Wildman–Crippen MR) is 41.5 cm³/mol. The molecule has 8 heavy (non-hydrogen) atoms. The normalized spacial score (nSPS) is 22.1. The van der Waals surface area contributed by atoms with Gasteiger partial charge in [-0.2, -0.15) is 0 Å². The minimum atomic E-state index is 0.873. The van der Waals surface area contributed by atoms with Crippen molar-refractivity contribution in [2.75, 3.05) is 17.3 Å². The highest BCUT2D eigenvalue weighted by atomic mass is 32.2. The Balaban J connectivity index is 2.06. The van der Waals surface area contributed by atoms with Crippen LogP contribution in [0, 0.1) is 0 Å². The summed E-state index contributed by atoms with van der Waals surface area (Å²) in [6, 6.07) is 0. The van der Waals surface area contributed by atoms with Gasteiger partial charge in [0.2, 0.25) is 0 Å². The quantitative estimate of drug-likeness (QED) is 0.501. The third kappa shape index (κ3) is 1.70. The van der Waals surface area contributed by atoms with Gasteiger partial charge in [0.25, 0.3) is 0 Å². The van der Waals surface area contributed by atoms with Crippen molar-refractivity contribution < 1.29 is 0 Å². The molecule has 1 aliphatic rings. The highest BCUT2D eigenvalue weighted by molar-refractivity contribution is 7.97. The first kappa shape index (κ1) is 6.47. The van der Waals surface area contributed by atoms with Gasteiger partial charge < -0.3 is 0 Å². The van der Waals surface area contributed by atoms with Crippen LogP contribution in [0.25, 0.3) is 0 Å². The average Bonchev–Trinajstić information content (AvgIpc) is 2.19. The molecule has 0 atom stereocenters. The Kier molecular flexibility index (Phi) is 2.74. The van der Waals surface area contributed by atoms with Crippen molar-refractivity contribution in [1.82, 2.24) is 0 Å². The molecule has 0 spiro atoms. The first-order valence-electron chi connectivity index (χ1n) is 3.57. The smallest absolute Gasteiger partial charge is 0.0609 e. The van der Waals surface area contributed by atoms with Gasteiger partial charge >= 0.3 is 0 Å². The third-order valence-electron chi connectivity index (χ3n) is 1.61. The number of hydrogen-bond donors (Lipinski definition) is 0. The maximum atomic E-state index is 2.30. The molecule has 0 aromatic rings. The lowest BCUT2D eigenvalue weighted by molar-refractivity contribution is 0.949. The van der Waals surface area contributed by atoms with Gasteiger partial charge in [-0.25, -0.2) is 0 Å². The molecule has 0 aromatic heterocycles. The van der Waals surface area contributed by atoms with Crippen LogP contribution >= 0.6 is 0 Å². The van der Waals surface area contributed by atoms with E-state index in [2.05, 4.69) is 6.92 Å². The highest BCUT2D eigenvalue weighted by Crippen LogP contribution is 2.13. The Morgan fingerprint density at radius 1 is 1.25 bits per heavy atom. The molecule has 1 heteroatoms. The van der Waals surface area contributed by atoms with E-state index in [-0.39, 0.29) is 0 Å². The zero-order valence-electron chi connectivity index (χ0n) is 5.65. The van der Waals surface area contributed by atoms with E-state index < -0.39 is 0 Å². The molecule has 0 aliphatic carbocycles. The molecule has 1 saturated heterocycles. The van der Waals surface area contributed by atoms with Crippen LogP contribution in [0.5, 0.6) is 0 Å². The molecule has 0 N–H and O–H groups in total. The van der Waals surface area contributed by atoms with Crippen molar-refractivity contribution in [3.8, 4) is 0 Å². The Morgan fingerprint density at radius 2 is 1.88 bits per heavy atom. The van der Waals surface area contributed by atoms with E-state index in [1.807, 2.05) is 0 Å². The minimum Gasteiger partial charge on any atom is -0.0609 e. The molecule has 1 fully saturated rings. The molecule has 48 valence electrons. The summed E-state index contributed by atoms with van der Waals surface area (Å²) in [5.74, 6) is 4.61. The number of rotatable bonds is 2. The monoisotopic (exact) mass is 131 g/mol. The van der Waals surface area contributed by atoms with Crippen LogP contribution in [0.1, 0.15) is 26.2 Å². The number of hydrogen-bond acceptors (Lipinski definition) is 0. The van der Waals surface area contributed by atoms with Crippen LogP contribution in [0.3, 0.4) is 0 Å². The van der Waals surface area contributed by atoms with Gasteiger partial charge in [0.05, 0.1) is 0 Å². The summed E-state index contributed by atoms with van der Waals surface area (Å²) < 4.78 is 0. The van der Waals surface area contributed by atoms with Crippen LogP contribution in [-0.2, 0) is 10.9 Å². The Bertz CT molecular complexity index is 55.4. The lowest BCUT2D eigenvalue weighted by atomic mass is 10.4. The average molecular weight is 131 g/mol. The maximum Gasteiger partial charge on any atom is 0.108 e. The van der Waals surface area contributed by atoms with Gasteiger partial charge in [0, 0.05) is 0 Å². The second-order valence-corrected chi connectivity index (χ2v) is 4.88. The van der Waals surface area contributed by atoms with Crippen molar-refractivity contribution in [1.29, 1.82) is 0 Å². The van der Waals surface area contributed by atoms with E-state index in [0.29, 0.717) is 0 Å². The molecule has 0 radical (unpaired) electrons. The van der Waals surface area contributed by atoms with Crippen LogP contribution in [0.2, 0.25) is 0 Å². The van der Waals surface area contributed by atoms with Crippen molar-refractivity contribution in [3.05, 3.63) is 0 Å². The molecule has 0 aromatic carbocycles. The molecule has 0 unspecified atom stereocenters. The van der Waals surface area contributed by atoms with Crippen molar-refractivity contribution in [2.24, 2.45) is 0 Å². The summed E-state index contributed by atoms with van der Waals surface area (Å²) in [4.78, 5) is 0. The molecule has 0 amide bonds. The lowest BCUT2D eigenvalue weighted by Crippen LogP contribution is -2.06. The fourth-order valence-corrected chi connectivity index (χ4v) is 3.62. The van der Waals surface area contributed by atoms with Crippen molar-refractivity contribution in [2.45, 2.75) is 26.2 Å². The molecular formula is C7H15S+. The van der Waals surface area contributed by atoms with E-state index in [9.17, 15) is 0 Å². The van der Waals surface area contributed by atoms with Crippen LogP contribution in [0.4, 0.5) is 0 Å². The fraction of sp³-hybridized carbons (Fsp3) is 1.00. The molecule has 0 saturated carbocycles. The van der Waals surface area contributed by atoms with E-state index in [4.69, 9.17) is 0 Å². The maximum absolute atomic E-state index is 2.30. The Morgan fingerprint density at radius 3 is 2.38 bits per heavy atom. The molecule has 0 bridgehead atoms. The Labute approximate surface area is 55.0 Å². The molecule has 1 heterocycles. The lowest BCUT2D eigenvalue weighted by Gasteiger charge is -1.94. The van der Waals surface area contributed by atoms with Gasteiger partial charge in [-0.05, 0) is 30.2 Å². The van der Waals surface area contributed by atoms with Crippen LogP contribution < -0.4 is 0 Å². The summed E-state index contributed by atoms with van der Waals surface area (Å²) >= 11 is 0. The summed E-state index contributed by atoms with van der Waals surface area (Å²) in [6.45, 7) is 2.30. The zero-order valence-corrected chi connectivity index (χ0v) is 6.47. The fourth-order valence-electron chi connectivity index (χ4n) is 1.21. The van der Waals surface area contributed by atoms with Crippen LogP contribution in [0.15, 0.2) is 0 Å². The minimum absolute atomic E-state index is 0.873. The molecule has 1 rings (SSSR count). The van der Waals surface area contributed by atoms with E-state index in [1.54, 1.807) is 11.5 Å². The van der Waals surface area contributed by atoms with Gasteiger partial charge in [0.15, 0.2) is 0 Å². The predicted octanol–water partition coefficient (Wildman–Crippen LogP) is 1.81. The first-order chi connectivity index (χ1) is 3.93. The molecule has 0 nitrogen and oxygen atoms in total. The standard InChI is InChI=1S/C7H15S/c1-2-5-8-6-3-4-7-8/h2-7H2,1H3/q+1. The van der Waals surface area contributed by atoms with Crippen LogP contribution in [-0.4, -0.2) is 17.3 Å². The van der Waals surface area contributed by atoms with Gasteiger partial charge in [-0.15, -0.1) is 0 Å². The van der Waals surface area contributed by atoms with E-state index >= 15 is 0 Å². The molecule has 1 aliphatic heterocycles. The highest BCUT2D eigenvalue weighted by Gasteiger charge is 2.21. The SMILES string of the molecule is CCC[S+]1CCCC1. The molecular weight excluding hydrogens is 116 g/mol. The van der Waals surface area contributed by atoms with E-state index in [1.165, 1.54) is 25.0 Å². The zero-order chi connectivity index (χ0) is 5.82. The van der Waals surface area contributed by atoms with Crippen molar-refractivity contribution >= 4 is 10.9 Å². The topological polar surface area (TPSA) is 0 Å². The van der Waals surface area contributed by atoms with Crippen molar-refractivity contribution in [3.63, 3.8) is 0 Å². The summed E-state index contributed by atoms with van der Waals surface area (Å²) in [5, 5.41) is 0. The first-order valence-corrected chi connectivity index (χ1v) is 5.31. The van der Waals surface area contributed by atoms with Gasteiger partial charge in [-0.3, -0.25) is 0 Å². The summed E-state index contributed by atoms with van der Waals surface area (Å²) in [6.07, 6.45) is 4.44. The second-order valence-electron chi connectivity index (χ2n) is 2.43. The second kappa shape index (κ2) is 3.39. The van der Waals surface area contributed by atoms with Gasteiger partial charge in [0.1, 0.15) is 17.3 Å². The van der Waals surface area contributed by atoms with Gasteiger partial charge in [-0.1, -0.05) is 6.92 Å². The third-order valence-corrected chi connectivity index (χ3v) is 4.33. The summed E-state index contributed by atoms with van der Waals surface area (Å²) in [5.41, 5.74) is 0. The summed E-state index contributed by atoms with van der Waals surface area (Å²) in [7, 11) is 0.873. The largest absolute Gasteiger partial charge is 0.108 e. The Hall–Kier alpha value is 0.350. The van der Waals surface area contributed by atoms with E-state index in [0.717, 1.165) is 10.9 Å².